The first-order valence-electron chi connectivity index (χ1n) is 7.97. The number of hydrogen-bond acceptors (Lipinski definition) is 5. The maximum Gasteiger partial charge on any atom is 0.261 e. The van der Waals surface area contributed by atoms with Crippen LogP contribution in [-0.4, -0.2) is 39.4 Å². The normalized spacial score (nSPS) is 22.7. The number of rotatable bonds is 4. The fourth-order valence-electron chi connectivity index (χ4n) is 3.11. The van der Waals surface area contributed by atoms with E-state index in [9.17, 15) is 9.90 Å². The fourth-order valence-corrected chi connectivity index (χ4v) is 3.61. The van der Waals surface area contributed by atoms with Crippen LogP contribution in [0.5, 0.6) is 0 Å². The van der Waals surface area contributed by atoms with Gasteiger partial charge in [0.15, 0.2) is 0 Å². The third kappa shape index (κ3) is 3.81. The van der Waals surface area contributed by atoms with Gasteiger partial charge in [-0.1, -0.05) is 11.6 Å². The van der Waals surface area contributed by atoms with Gasteiger partial charge in [0.1, 0.15) is 0 Å². The summed E-state index contributed by atoms with van der Waals surface area (Å²) in [7, 11) is 0. The van der Waals surface area contributed by atoms with Crippen molar-refractivity contribution >= 4 is 38.4 Å². The molecule has 0 spiro atoms. The first kappa shape index (κ1) is 17.8. The molecule has 1 aromatic heterocycles. The molecule has 1 aliphatic heterocycles. The predicted molar refractivity (Wildman–Crippen MR) is 98.3 cm³/mol. The summed E-state index contributed by atoms with van der Waals surface area (Å²) < 4.78 is 2.21. The molecule has 6 nitrogen and oxygen atoms in total. The van der Waals surface area contributed by atoms with E-state index in [0.717, 1.165) is 19.4 Å². The molecule has 0 unspecified atom stereocenters. The second-order valence-corrected chi connectivity index (χ2v) is 7.51. The number of benzene rings is 1. The largest absolute Gasteiger partial charge is 0.392 e. The average molecular weight is 416 g/mol. The molecule has 0 aliphatic carbocycles. The fraction of sp³-hybridized carbons (Fsp3) is 0.500. The van der Waals surface area contributed by atoms with Crippen molar-refractivity contribution in [1.29, 1.82) is 0 Å². The Morgan fingerprint density at radius 3 is 3.08 bits per heavy atom. The molecule has 1 aliphatic rings. The zero-order chi connectivity index (χ0) is 17.3. The van der Waals surface area contributed by atoms with Gasteiger partial charge in [0.05, 0.1) is 28.4 Å². The highest BCUT2D eigenvalue weighted by molar-refractivity contribution is 9.10. The smallest absolute Gasteiger partial charge is 0.261 e. The first-order valence-corrected chi connectivity index (χ1v) is 9.14. The highest BCUT2D eigenvalue weighted by Gasteiger charge is 2.24. The summed E-state index contributed by atoms with van der Waals surface area (Å²) in [6.45, 7) is 1.24. The van der Waals surface area contributed by atoms with Crippen molar-refractivity contribution < 1.29 is 5.11 Å². The Morgan fingerprint density at radius 1 is 1.54 bits per heavy atom. The van der Waals surface area contributed by atoms with Gasteiger partial charge in [0, 0.05) is 23.1 Å². The van der Waals surface area contributed by atoms with Crippen molar-refractivity contribution in [3.8, 4) is 0 Å². The molecule has 2 heterocycles. The van der Waals surface area contributed by atoms with Crippen LogP contribution in [0.1, 0.15) is 19.3 Å². The van der Waals surface area contributed by atoms with E-state index in [0.29, 0.717) is 33.4 Å². The molecule has 1 fully saturated rings. The summed E-state index contributed by atoms with van der Waals surface area (Å²) in [6.07, 6.45) is 3.49. The number of fused-ring (bicyclic) bond motifs is 1. The predicted octanol–water partition coefficient (Wildman–Crippen LogP) is 1.64. The Hall–Kier alpha value is -0.990. The van der Waals surface area contributed by atoms with Crippen LogP contribution >= 0.6 is 27.5 Å². The minimum absolute atomic E-state index is 0.0248. The van der Waals surface area contributed by atoms with Gasteiger partial charge in [-0.15, -0.1) is 0 Å². The van der Waals surface area contributed by atoms with E-state index in [1.807, 2.05) is 0 Å². The van der Waals surface area contributed by atoms with Gasteiger partial charge in [-0.2, -0.15) is 0 Å². The van der Waals surface area contributed by atoms with Crippen LogP contribution < -0.4 is 16.6 Å². The minimum Gasteiger partial charge on any atom is -0.392 e. The van der Waals surface area contributed by atoms with Crippen LogP contribution in [0.25, 0.3) is 10.9 Å². The van der Waals surface area contributed by atoms with Crippen molar-refractivity contribution in [1.82, 2.24) is 14.9 Å². The van der Waals surface area contributed by atoms with E-state index in [4.69, 9.17) is 17.3 Å². The second kappa shape index (κ2) is 7.49. The SMILES string of the molecule is N[C@H](C[C@H]1NCCC[C@@H]1O)Cn1cnc2cc(Br)c(Cl)cc2c1=O. The molecule has 2 aromatic rings. The van der Waals surface area contributed by atoms with Gasteiger partial charge in [-0.25, -0.2) is 4.98 Å². The molecule has 8 heteroatoms. The zero-order valence-electron chi connectivity index (χ0n) is 13.1. The summed E-state index contributed by atoms with van der Waals surface area (Å²) >= 11 is 9.41. The number of aromatic nitrogens is 2. The highest BCUT2D eigenvalue weighted by atomic mass is 79.9. The monoisotopic (exact) mass is 414 g/mol. The Kier molecular flexibility index (Phi) is 5.56. The zero-order valence-corrected chi connectivity index (χ0v) is 15.4. The molecular formula is C16H20BrClN4O2. The number of piperidine rings is 1. The number of nitrogens with one attached hydrogen (secondary N) is 1. The number of halogens is 2. The topological polar surface area (TPSA) is 93.2 Å². The van der Waals surface area contributed by atoms with Gasteiger partial charge in [-0.3, -0.25) is 9.36 Å². The number of hydrogen-bond donors (Lipinski definition) is 3. The van der Waals surface area contributed by atoms with Gasteiger partial charge in [0.2, 0.25) is 0 Å². The molecule has 1 aromatic carbocycles. The maximum atomic E-state index is 12.6. The van der Waals surface area contributed by atoms with Gasteiger partial charge < -0.3 is 16.2 Å². The van der Waals surface area contributed by atoms with Crippen molar-refractivity contribution in [3.05, 3.63) is 38.3 Å². The molecule has 3 atom stereocenters. The molecule has 0 bridgehead atoms. The lowest BCUT2D eigenvalue weighted by molar-refractivity contribution is 0.0881. The second-order valence-electron chi connectivity index (χ2n) is 6.25. The summed E-state index contributed by atoms with van der Waals surface area (Å²) in [6, 6.07) is 3.07. The lowest BCUT2D eigenvalue weighted by atomic mass is 9.95. The molecule has 0 saturated carbocycles. The molecular weight excluding hydrogens is 396 g/mol. The molecule has 0 radical (unpaired) electrons. The van der Waals surface area contributed by atoms with Crippen LogP contribution in [0.4, 0.5) is 0 Å². The third-order valence-electron chi connectivity index (χ3n) is 4.40. The molecule has 4 N–H and O–H groups in total. The van der Waals surface area contributed by atoms with E-state index >= 15 is 0 Å². The molecule has 0 amide bonds. The standard InChI is InChI=1S/C16H20BrClN4O2/c17-11-6-13-10(5-12(11)18)16(24)22(8-21-13)7-9(19)4-14-15(23)2-1-3-20-14/h5-6,8-9,14-15,20,23H,1-4,7,19H2/t9-,14-,15+/m1/s1. The van der Waals surface area contributed by atoms with E-state index < -0.39 is 0 Å². The third-order valence-corrected chi connectivity index (χ3v) is 5.60. The first-order chi connectivity index (χ1) is 11.5. The van der Waals surface area contributed by atoms with E-state index in [-0.39, 0.29) is 23.7 Å². The average Bonchev–Trinajstić information content (AvgIpc) is 2.54. The Morgan fingerprint density at radius 2 is 2.33 bits per heavy atom. The van der Waals surface area contributed by atoms with E-state index in [1.54, 1.807) is 12.1 Å². The van der Waals surface area contributed by atoms with Crippen LogP contribution in [-0.2, 0) is 6.54 Å². The number of aliphatic hydroxyl groups is 1. The Labute approximate surface area is 153 Å². The van der Waals surface area contributed by atoms with Crippen molar-refractivity contribution in [2.45, 2.75) is 44.0 Å². The molecule has 24 heavy (non-hydrogen) atoms. The van der Waals surface area contributed by atoms with Crippen molar-refractivity contribution in [2.24, 2.45) is 5.73 Å². The van der Waals surface area contributed by atoms with Crippen LogP contribution in [0.3, 0.4) is 0 Å². The lowest BCUT2D eigenvalue weighted by Crippen LogP contribution is -2.48. The van der Waals surface area contributed by atoms with Gasteiger partial charge in [-0.05, 0) is 53.9 Å². The number of nitrogens with two attached hydrogens (primary N) is 1. The molecule has 3 rings (SSSR count). The van der Waals surface area contributed by atoms with Crippen LogP contribution in [0.2, 0.25) is 5.02 Å². The lowest BCUT2D eigenvalue weighted by Gasteiger charge is -2.31. The van der Waals surface area contributed by atoms with E-state index in [2.05, 4.69) is 26.2 Å². The summed E-state index contributed by atoms with van der Waals surface area (Å²) in [5.74, 6) is 0. The maximum absolute atomic E-state index is 12.6. The van der Waals surface area contributed by atoms with Gasteiger partial charge >= 0.3 is 0 Å². The van der Waals surface area contributed by atoms with Crippen molar-refractivity contribution in [3.63, 3.8) is 0 Å². The van der Waals surface area contributed by atoms with Crippen molar-refractivity contribution in [2.75, 3.05) is 6.54 Å². The molecule has 1 saturated heterocycles. The summed E-state index contributed by atoms with van der Waals surface area (Å²) in [5, 5.41) is 14.2. The van der Waals surface area contributed by atoms with Gasteiger partial charge in [0.25, 0.3) is 5.56 Å². The Balaban J connectivity index is 1.78. The quantitative estimate of drug-likeness (QED) is 0.706. The summed E-state index contributed by atoms with van der Waals surface area (Å²) in [4.78, 5) is 16.9. The molecule has 130 valence electrons. The number of nitrogens with zero attached hydrogens (tertiary/aromatic N) is 2. The van der Waals surface area contributed by atoms with Crippen LogP contribution in [0.15, 0.2) is 27.7 Å². The van der Waals surface area contributed by atoms with E-state index in [1.165, 1.54) is 10.9 Å². The number of aliphatic hydroxyl groups excluding tert-OH is 1. The highest BCUT2D eigenvalue weighted by Crippen LogP contribution is 2.25. The Bertz CT molecular complexity index is 797. The summed E-state index contributed by atoms with van der Waals surface area (Å²) in [5.41, 5.74) is 6.62. The van der Waals surface area contributed by atoms with Crippen LogP contribution in [0, 0.1) is 0 Å². The minimum atomic E-state index is -0.382.